The number of rotatable bonds is 0. The first-order valence-corrected chi connectivity index (χ1v) is 11.9. The van der Waals surface area contributed by atoms with Crippen molar-refractivity contribution in [2.45, 2.75) is 0 Å². The predicted molar refractivity (Wildman–Crippen MR) is 40.0 cm³/mol. The van der Waals surface area contributed by atoms with Gasteiger partial charge >= 0.3 is 34.5 Å². The molecule has 0 fully saturated rings. The Morgan fingerprint density at radius 3 is 2.62 bits per heavy atom. The van der Waals surface area contributed by atoms with Gasteiger partial charge in [-0.2, -0.15) is 17.0 Å². The van der Waals surface area contributed by atoms with Crippen molar-refractivity contribution in [2.24, 2.45) is 0 Å². The van der Waals surface area contributed by atoms with Crippen LogP contribution in [-0.2, 0) is 14.8 Å². The molecule has 1 rings (SSSR count). The summed E-state index contributed by atoms with van der Waals surface area (Å²) in [5.74, 6) is 0. The normalized spacial score (nSPS) is 7.50. The van der Waals surface area contributed by atoms with E-state index in [2.05, 4.69) is 30.1 Å². The van der Waals surface area contributed by atoms with E-state index in [9.17, 15) is 0 Å². The van der Waals surface area contributed by atoms with Gasteiger partial charge in [0.05, 0.1) is 0 Å². The number of halogens is 2. The Hall–Kier alpha value is 1.27. The van der Waals surface area contributed by atoms with Crippen LogP contribution in [0.25, 0.3) is 0 Å². The fourth-order valence-electron chi connectivity index (χ4n) is 0.178. The molecule has 8 heavy (non-hydrogen) atoms. The van der Waals surface area contributed by atoms with Crippen LogP contribution in [0.1, 0.15) is 0 Å². The number of hydrogen-bond acceptors (Lipinski definition) is 2. The van der Waals surface area contributed by atoms with E-state index in [1.54, 1.807) is 6.20 Å². The van der Waals surface area contributed by atoms with Crippen molar-refractivity contribution in [1.82, 2.24) is 4.98 Å². The van der Waals surface area contributed by atoms with E-state index in [-0.39, 0.29) is 0 Å². The number of nitrogens with zero attached hydrogens (tertiary/aromatic N) is 1. The topological polar surface area (TPSA) is 12.9 Å². The van der Waals surface area contributed by atoms with Gasteiger partial charge in [0.25, 0.3) is 0 Å². The fourth-order valence-corrected chi connectivity index (χ4v) is 0.669. The maximum absolute atomic E-state index is 5.33. The molecular formula is C3HClINSZn. The second-order valence-electron chi connectivity index (χ2n) is 0.731. The standard InChI is InChI=1S/C3HClNS.HI.Zn/c4-3-5-1-2-6-3;;/h1H;1H;/q-1;;+2/p-1. The molecule has 1 heterocycles. The minimum atomic E-state index is 0.551. The van der Waals surface area contributed by atoms with Crippen LogP contribution in [0.2, 0.25) is 4.47 Å². The summed E-state index contributed by atoms with van der Waals surface area (Å²) in [5.41, 5.74) is 0. The summed E-state index contributed by atoms with van der Waals surface area (Å²) in [4.78, 5) is 3.65. The monoisotopic (exact) mass is 309 g/mol. The predicted octanol–water partition coefficient (Wildman–Crippen LogP) is 2.48. The van der Waals surface area contributed by atoms with Gasteiger partial charge in [-0.15, -0.1) is 0 Å². The maximum atomic E-state index is 5.33. The molecule has 0 atom stereocenters. The van der Waals surface area contributed by atoms with Crippen LogP contribution in [0.3, 0.4) is 0 Å². The van der Waals surface area contributed by atoms with Crippen molar-refractivity contribution in [1.29, 1.82) is 0 Å². The first-order chi connectivity index (χ1) is 3.89. The second-order valence-corrected chi connectivity index (χ2v) is 2.14. The molecule has 40 valence electrons. The van der Waals surface area contributed by atoms with E-state index in [1.165, 1.54) is 26.1 Å². The molecule has 0 spiro atoms. The summed E-state index contributed by atoms with van der Waals surface area (Å²) in [6.45, 7) is 0. The molecular weight excluding hydrogens is 310 g/mol. The van der Waals surface area contributed by atoms with Crippen LogP contribution in [0, 0.1) is 5.38 Å². The zero-order valence-electron chi connectivity index (χ0n) is 3.90. The SMILES string of the molecule is Clc1nc[c-]s1.[Zn+][I]. The molecule has 0 aliphatic carbocycles. The summed E-state index contributed by atoms with van der Waals surface area (Å²) in [6.07, 6.45) is 1.55. The van der Waals surface area contributed by atoms with Gasteiger partial charge in [-0.05, 0) is 0 Å². The van der Waals surface area contributed by atoms with Crippen molar-refractivity contribution in [3.05, 3.63) is 16.0 Å². The Morgan fingerprint density at radius 2 is 2.50 bits per heavy atom. The molecule has 0 aromatic carbocycles. The van der Waals surface area contributed by atoms with Crippen LogP contribution < -0.4 is 0 Å². The Balaban J connectivity index is 0.000000222. The van der Waals surface area contributed by atoms with Crippen LogP contribution >= 0.6 is 42.7 Å². The van der Waals surface area contributed by atoms with Gasteiger partial charge in [0, 0.05) is 4.47 Å². The van der Waals surface area contributed by atoms with Gasteiger partial charge < -0.3 is 16.3 Å². The number of thiazole rings is 1. The van der Waals surface area contributed by atoms with Gasteiger partial charge in [0.2, 0.25) is 0 Å². The van der Waals surface area contributed by atoms with Crippen molar-refractivity contribution >= 4 is 42.7 Å². The zero-order chi connectivity index (χ0) is 6.41. The van der Waals surface area contributed by atoms with Crippen LogP contribution in [0.4, 0.5) is 0 Å². The van der Waals surface area contributed by atoms with E-state index in [1.807, 2.05) is 0 Å². The quantitative estimate of drug-likeness (QED) is 0.407. The molecule has 1 aromatic rings. The third-order valence-electron chi connectivity index (χ3n) is 0.362. The molecule has 0 aliphatic rings. The van der Waals surface area contributed by atoms with Crippen LogP contribution in [0.5, 0.6) is 0 Å². The second kappa shape index (κ2) is 6.39. The minimum absolute atomic E-state index is 0.551. The van der Waals surface area contributed by atoms with E-state index in [4.69, 9.17) is 11.6 Å². The molecule has 0 radical (unpaired) electrons. The van der Waals surface area contributed by atoms with Crippen molar-refractivity contribution < 1.29 is 14.8 Å². The summed E-state index contributed by atoms with van der Waals surface area (Å²) in [7, 11) is 0. The van der Waals surface area contributed by atoms with Crippen LogP contribution in [-0.4, -0.2) is 4.98 Å². The van der Waals surface area contributed by atoms with Gasteiger partial charge in [-0.25, -0.2) is 0 Å². The van der Waals surface area contributed by atoms with E-state index in [0.29, 0.717) is 4.47 Å². The van der Waals surface area contributed by atoms with E-state index < -0.39 is 0 Å². The van der Waals surface area contributed by atoms with Crippen molar-refractivity contribution in [3.63, 3.8) is 0 Å². The first kappa shape index (κ1) is 9.27. The molecule has 0 saturated heterocycles. The molecule has 0 bridgehead atoms. The third kappa shape index (κ3) is 4.18. The van der Waals surface area contributed by atoms with Crippen molar-refractivity contribution in [3.8, 4) is 0 Å². The van der Waals surface area contributed by atoms with Crippen LogP contribution in [0.15, 0.2) is 6.20 Å². The van der Waals surface area contributed by atoms with Crippen molar-refractivity contribution in [2.75, 3.05) is 0 Å². The molecule has 1 nitrogen and oxygen atoms in total. The average molecular weight is 311 g/mol. The summed E-state index contributed by atoms with van der Waals surface area (Å²) in [6, 6.07) is 0. The Morgan fingerprint density at radius 1 is 1.88 bits per heavy atom. The molecule has 0 N–H and O–H groups in total. The van der Waals surface area contributed by atoms with Gasteiger partial charge in [0.15, 0.2) is 0 Å². The van der Waals surface area contributed by atoms with Gasteiger partial charge in [-0.3, -0.25) is 0 Å². The first-order valence-electron chi connectivity index (χ1n) is 1.63. The molecule has 1 aromatic heterocycles. The molecule has 0 saturated carbocycles. The fraction of sp³-hybridized carbons (Fsp3) is 0. The Labute approximate surface area is 77.7 Å². The Kier molecular flexibility index (Phi) is 7.41. The van der Waals surface area contributed by atoms with Gasteiger partial charge in [-0.1, -0.05) is 6.20 Å². The summed E-state index contributed by atoms with van der Waals surface area (Å²) >= 11 is 10.3. The number of aromatic nitrogens is 1. The molecule has 0 unspecified atom stereocenters. The van der Waals surface area contributed by atoms with Gasteiger partial charge in [0.1, 0.15) is 0 Å². The Bertz CT molecular complexity index is 123. The summed E-state index contributed by atoms with van der Waals surface area (Å²) in [5, 5.41) is 2.73. The summed E-state index contributed by atoms with van der Waals surface area (Å²) < 4.78 is 0.551. The third-order valence-corrected chi connectivity index (χ3v) is 1.19. The molecule has 0 aliphatic heterocycles. The average Bonchev–Trinajstić information content (AvgIpc) is 2.24. The molecule has 5 heteroatoms. The zero-order valence-corrected chi connectivity index (χ0v) is 10.6. The molecule has 0 amide bonds. The number of hydrogen-bond donors (Lipinski definition) is 0. The van der Waals surface area contributed by atoms with E-state index in [0.717, 1.165) is 0 Å². The van der Waals surface area contributed by atoms with E-state index >= 15 is 0 Å².